The van der Waals surface area contributed by atoms with Gasteiger partial charge in [-0.25, -0.2) is 8.42 Å². The number of hydrogen-bond acceptors (Lipinski definition) is 4. The van der Waals surface area contributed by atoms with Crippen LogP contribution in [0.4, 0.5) is 0 Å². The van der Waals surface area contributed by atoms with Crippen LogP contribution in [-0.2, 0) is 34.1 Å². The maximum absolute atomic E-state index is 12.9. The van der Waals surface area contributed by atoms with E-state index in [1.807, 2.05) is 25.1 Å². The van der Waals surface area contributed by atoms with Crippen molar-refractivity contribution < 1.29 is 18.3 Å². The second-order valence-corrected chi connectivity index (χ2v) is 10.5. The number of benzene rings is 2. The van der Waals surface area contributed by atoms with Gasteiger partial charge in [0.05, 0.1) is 10.4 Å². The molecule has 1 aliphatic rings. The van der Waals surface area contributed by atoms with Gasteiger partial charge in [-0.05, 0) is 61.1 Å². The second-order valence-electron chi connectivity index (χ2n) is 8.04. The molecule has 0 fully saturated rings. The number of aliphatic hydroxyl groups is 1. The van der Waals surface area contributed by atoms with Crippen molar-refractivity contribution in [3.8, 4) is 0 Å². The summed E-state index contributed by atoms with van der Waals surface area (Å²) in [6, 6.07) is 14.0. The second kappa shape index (κ2) is 8.35. The molecule has 0 bridgehead atoms. The van der Waals surface area contributed by atoms with Crippen LogP contribution in [0.2, 0.25) is 5.02 Å². The van der Waals surface area contributed by atoms with Crippen LogP contribution in [-0.4, -0.2) is 30.6 Å². The largest absolute Gasteiger partial charge is 0.376 e. The summed E-state index contributed by atoms with van der Waals surface area (Å²) in [5.41, 5.74) is 2.01. The number of ether oxygens (including phenoxy) is 1. The summed E-state index contributed by atoms with van der Waals surface area (Å²) >= 11 is 6.24. The molecule has 0 saturated carbocycles. The fourth-order valence-electron chi connectivity index (χ4n) is 4.63. The summed E-state index contributed by atoms with van der Waals surface area (Å²) < 4.78 is 33.4. The number of aromatic nitrogens is 1. The van der Waals surface area contributed by atoms with Gasteiger partial charge in [-0.15, -0.1) is 0 Å². The monoisotopic (exact) mass is 447 g/mol. The van der Waals surface area contributed by atoms with Gasteiger partial charge in [-0.2, -0.15) is 0 Å². The molecular weight excluding hydrogens is 422 g/mol. The topological polar surface area (TPSA) is 68.5 Å². The van der Waals surface area contributed by atoms with Crippen LogP contribution in [0.15, 0.2) is 53.4 Å². The maximum atomic E-state index is 12.9. The van der Waals surface area contributed by atoms with Crippen LogP contribution in [0.5, 0.6) is 0 Å². The molecule has 160 valence electrons. The van der Waals surface area contributed by atoms with E-state index in [0.717, 1.165) is 29.4 Å². The normalized spacial score (nSPS) is 18.9. The quantitative estimate of drug-likeness (QED) is 0.606. The van der Waals surface area contributed by atoms with Gasteiger partial charge >= 0.3 is 0 Å². The van der Waals surface area contributed by atoms with E-state index >= 15 is 0 Å². The predicted molar refractivity (Wildman–Crippen MR) is 118 cm³/mol. The molecule has 0 spiro atoms. The molecular formula is C23H26ClNO4S. The number of fused-ring (bicyclic) bond motifs is 3. The first-order valence-corrected chi connectivity index (χ1v) is 12.0. The van der Waals surface area contributed by atoms with E-state index in [4.69, 9.17) is 16.3 Å². The number of halogens is 1. The molecule has 5 nitrogen and oxygen atoms in total. The summed E-state index contributed by atoms with van der Waals surface area (Å²) in [6.07, 6.45) is 2.32. The lowest BCUT2D eigenvalue weighted by molar-refractivity contribution is 0.122. The van der Waals surface area contributed by atoms with Crippen molar-refractivity contribution in [2.75, 3.05) is 7.11 Å². The van der Waals surface area contributed by atoms with Crippen LogP contribution in [0.1, 0.15) is 24.6 Å². The lowest BCUT2D eigenvalue weighted by Gasteiger charge is -2.31. The first-order valence-electron chi connectivity index (χ1n) is 10.1. The Hall–Kier alpha value is -1.86. The van der Waals surface area contributed by atoms with Gasteiger partial charge in [-0.1, -0.05) is 36.7 Å². The van der Waals surface area contributed by atoms with E-state index in [9.17, 15) is 13.5 Å². The summed E-state index contributed by atoms with van der Waals surface area (Å²) in [4.78, 5) is 0.156. The number of hydrogen-bond donors (Lipinski definition) is 1. The number of aryl methyl sites for hydroxylation is 1. The molecule has 3 aromatic rings. The molecule has 0 radical (unpaired) electrons. The van der Waals surface area contributed by atoms with Crippen molar-refractivity contribution in [1.29, 1.82) is 0 Å². The highest BCUT2D eigenvalue weighted by molar-refractivity contribution is 7.91. The zero-order chi connectivity index (χ0) is 21.5. The third kappa shape index (κ3) is 3.66. The zero-order valence-corrected chi connectivity index (χ0v) is 18.7. The molecule has 1 aromatic heterocycles. The Balaban J connectivity index is 1.66. The molecule has 1 heterocycles. The molecule has 3 atom stereocenters. The number of sulfone groups is 1. The van der Waals surface area contributed by atoms with E-state index in [1.54, 1.807) is 25.3 Å². The summed E-state index contributed by atoms with van der Waals surface area (Å²) in [7, 11) is -2.15. The Morgan fingerprint density at radius 1 is 1.23 bits per heavy atom. The zero-order valence-electron chi connectivity index (χ0n) is 17.1. The van der Waals surface area contributed by atoms with E-state index in [0.29, 0.717) is 18.2 Å². The average molecular weight is 448 g/mol. The molecule has 0 aliphatic heterocycles. The van der Waals surface area contributed by atoms with Crippen LogP contribution >= 0.6 is 11.6 Å². The van der Waals surface area contributed by atoms with Crippen molar-refractivity contribution in [2.45, 2.75) is 43.2 Å². The number of rotatable bonds is 6. The maximum Gasteiger partial charge on any atom is 0.205 e. The molecule has 3 unspecified atom stereocenters. The van der Waals surface area contributed by atoms with Crippen LogP contribution < -0.4 is 0 Å². The first kappa shape index (κ1) is 21.4. The van der Waals surface area contributed by atoms with Gasteiger partial charge in [-0.3, -0.25) is 0 Å². The minimum atomic E-state index is -3.81. The van der Waals surface area contributed by atoms with Gasteiger partial charge in [0.1, 0.15) is 6.73 Å². The highest BCUT2D eigenvalue weighted by Gasteiger charge is 2.37. The molecule has 0 saturated heterocycles. The lowest BCUT2D eigenvalue weighted by atomic mass is 9.80. The summed E-state index contributed by atoms with van der Waals surface area (Å²) in [5, 5.41) is 12.6. The number of methoxy groups -OCH3 is 1. The molecule has 30 heavy (non-hydrogen) atoms. The fourth-order valence-corrected chi connectivity index (χ4v) is 6.41. The number of aliphatic hydroxyl groups excluding tert-OH is 1. The van der Waals surface area contributed by atoms with Crippen LogP contribution in [0.3, 0.4) is 0 Å². The SMILES string of the molecule is COCn1c2c(c3cc(Cl)ccc31)CCC(C(C)C(O)S(=O)(=O)c1ccccc1)C2. The van der Waals surface area contributed by atoms with Crippen molar-refractivity contribution in [3.63, 3.8) is 0 Å². The number of nitrogens with zero attached hydrogens (tertiary/aromatic N) is 1. The molecule has 0 amide bonds. The van der Waals surface area contributed by atoms with Crippen LogP contribution in [0, 0.1) is 11.8 Å². The lowest BCUT2D eigenvalue weighted by Crippen LogP contribution is -2.35. The highest BCUT2D eigenvalue weighted by atomic mass is 35.5. The van der Waals surface area contributed by atoms with E-state index in [2.05, 4.69) is 4.57 Å². The Morgan fingerprint density at radius 2 is 1.97 bits per heavy atom. The standard InChI is InChI=1S/C23H26ClNO4S/c1-15(23(26)30(27,28)18-6-4-3-5-7-18)16-8-10-19-20-13-17(24)9-11-21(20)25(14-29-2)22(19)12-16/h3-7,9,11,13,15-16,23,26H,8,10,12,14H2,1-2H3. The Kier molecular flexibility index (Phi) is 5.95. The van der Waals surface area contributed by atoms with Crippen LogP contribution in [0.25, 0.3) is 10.9 Å². The third-order valence-corrected chi connectivity index (χ3v) is 8.54. The van der Waals surface area contributed by atoms with Gasteiger partial charge in [0, 0.05) is 29.1 Å². The first-order chi connectivity index (χ1) is 14.3. The smallest absolute Gasteiger partial charge is 0.205 e. The van der Waals surface area contributed by atoms with Crippen molar-refractivity contribution in [2.24, 2.45) is 11.8 Å². The van der Waals surface area contributed by atoms with Gasteiger partial charge in [0.2, 0.25) is 9.84 Å². The Morgan fingerprint density at radius 3 is 2.67 bits per heavy atom. The average Bonchev–Trinajstić information content (AvgIpc) is 3.06. The van der Waals surface area contributed by atoms with E-state index in [1.165, 1.54) is 17.7 Å². The highest BCUT2D eigenvalue weighted by Crippen LogP contribution is 2.39. The molecule has 4 rings (SSSR count). The predicted octanol–water partition coefficient (Wildman–Crippen LogP) is 4.43. The Labute approximate surface area is 182 Å². The van der Waals surface area contributed by atoms with Crippen molar-refractivity contribution >= 4 is 32.3 Å². The van der Waals surface area contributed by atoms with E-state index in [-0.39, 0.29) is 10.8 Å². The summed E-state index contributed by atoms with van der Waals surface area (Å²) in [5.74, 6) is -0.359. The minimum Gasteiger partial charge on any atom is -0.376 e. The van der Waals surface area contributed by atoms with Crippen molar-refractivity contribution in [1.82, 2.24) is 4.57 Å². The molecule has 2 aromatic carbocycles. The van der Waals surface area contributed by atoms with Gasteiger partial charge in [0.25, 0.3) is 0 Å². The third-order valence-electron chi connectivity index (χ3n) is 6.31. The molecule has 1 aliphatic carbocycles. The molecule has 7 heteroatoms. The Bertz CT molecular complexity index is 1160. The van der Waals surface area contributed by atoms with Crippen molar-refractivity contribution in [3.05, 3.63) is 64.8 Å². The van der Waals surface area contributed by atoms with E-state index < -0.39 is 21.2 Å². The van der Waals surface area contributed by atoms with Gasteiger partial charge < -0.3 is 14.4 Å². The molecule has 1 N–H and O–H groups in total. The fraction of sp³-hybridized carbons (Fsp3) is 0.391. The van der Waals surface area contributed by atoms with Gasteiger partial charge in [0.15, 0.2) is 5.44 Å². The summed E-state index contributed by atoms with van der Waals surface area (Å²) in [6.45, 7) is 2.25. The minimum absolute atomic E-state index is 0.0429.